The quantitative estimate of drug-likeness (QED) is 0.844. The van der Waals surface area contributed by atoms with E-state index < -0.39 is 17.5 Å². The molecule has 0 aromatic heterocycles. The van der Waals surface area contributed by atoms with Crippen LogP contribution in [0.25, 0.3) is 0 Å². The molecule has 2 aromatic carbocycles. The average molecular weight is 360 g/mol. The molecule has 0 aliphatic carbocycles. The topological polar surface area (TPSA) is 49.4 Å². The highest BCUT2D eigenvalue weighted by Crippen LogP contribution is 2.27. The second-order valence-electron chi connectivity index (χ2n) is 5.91. The third-order valence-electron chi connectivity index (χ3n) is 4.12. The molecule has 0 radical (unpaired) electrons. The molecule has 2 amide bonds. The van der Waals surface area contributed by atoms with E-state index in [1.54, 1.807) is 0 Å². The maximum absolute atomic E-state index is 13.7. The molecule has 4 nitrogen and oxygen atoms in total. The van der Waals surface area contributed by atoms with Gasteiger partial charge in [-0.25, -0.2) is 8.78 Å². The predicted octanol–water partition coefficient (Wildman–Crippen LogP) is 4.08. The van der Waals surface area contributed by atoms with Gasteiger partial charge in [-0.05, 0) is 36.1 Å². The summed E-state index contributed by atoms with van der Waals surface area (Å²) in [6.45, 7) is 5.09. The van der Waals surface area contributed by atoms with E-state index in [0.29, 0.717) is 18.9 Å². The van der Waals surface area contributed by atoms with Crippen LogP contribution in [0.5, 0.6) is 0 Å². The van der Waals surface area contributed by atoms with Gasteiger partial charge in [0.1, 0.15) is 18.2 Å². The highest BCUT2D eigenvalue weighted by Gasteiger charge is 2.21. The van der Waals surface area contributed by atoms with Crippen LogP contribution in [0.2, 0.25) is 0 Å². The highest BCUT2D eigenvalue weighted by atomic mass is 19.1. The second-order valence-corrected chi connectivity index (χ2v) is 5.91. The molecule has 0 spiro atoms. The number of amides is 2. The molecule has 0 aliphatic rings. The number of para-hydroxylation sites is 1. The van der Waals surface area contributed by atoms with E-state index in [1.807, 2.05) is 32.0 Å². The Balaban J connectivity index is 2.29. The van der Waals surface area contributed by atoms with Crippen LogP contribution in [0.3, 0.4) is 0 Å². The molecule has 6 heteroatoms. The van der Waals surface area contributed by atoms with Crippen LogP contribution < -0.4 is 10.2 Å². The zero-order valence-corrected chi connectivity index (χ0v) is 15.1. The Labute approximate surface area is 151 Å². The largest absolute Gasteiger partial charge is 0.322 e. The Morgan fingerprint density at radius 1 is 1.04 bits per heavy atom. The summed E-state index contributed by atoms with van der Waals surface area (Å²) in [5.74, 6) is -2.43. The van der Waals surface area contributed by atoms with Gasteiger partial charge < -0.3 is 10.2 Å². The van der Waals surface area contributed by atoms with Gasteiger partial charge in [0.05, 0.1) is 11.4 Å². The monoisotopic (exact) mass is 360 g/mol. The summed E-state index contributed by atoms with van der Waals surface area (Å²) >= 11 is 0. The second kappa shape index (κ2) is 8.56. The minimum atomic E-state index is -0.865. The lowest BCUT2D eigenvalue weighted by Gasteiger charge is -2.26. The summed E-state index contributed by atoms with van der Waals surface area (Å²) in [4.78, 5) is 26.0. The van der Waals surface area contributed by atoms with E-state index in [-0.39, 0.29) is 18.1 Å². The first-order valence-corrected chi connectivity index (χ1v) is 8.51. The SMILES string of the molecule is CCc1cccc(CC)c1N(CC(=O)Nc1ccc(F)cc1F)C(C)=O. The van der Waals surface area contributed by atoms with Crippen LogP contribution in [0, 0.1) is 11.6 Å². The maximum atomic E-state index is 13.7. The molecule has 138 valence electrons. The number of carbonyl (C=O) groups is 2. The van der Waals surface area contributed by atoms with Crippen molar-refractivity contribution < 1.29 is 18.4 Å². The molecule has 2 rings (SSSR count). The fourth-order valence-electron chi connectivity index (χ4n) is 2.83. The van der Waals surface area contributed by atoms with E-state index in [1.165, 1.54) is 11.8 Å². The van der Waals surface area contributed by atoms with Crippen LogP contribution in [-0.2, 0) is 22.4 Å². The van der Waals surface area contributed by atoms with Crippen molar-refractivity contribution in [2.45, 2.75) is 33.6 Å². The molecule has 0 saturated carbocycles. The lowest BCUT2D eigenvalue weighted by molar-refractivity contribution is -0.120. The Morgan fingerprint density at radius 3 is 2.15 bits per heavy atom. The van der Waals surface area contributed by atoms with Crippen molar-refractivity contribution in [3.05, 3.63) is 59.2 Å². The van der Waals surface area contributed by atoms with E-state index in [0.717, 1.165) is 28.9 Å². The maximum Gasteiger partial charge on any atom is 0.244 e. The predicted molar refractivity (Wildman–Crippen MR) is 98.2 cm³/mol. The van der Waals surface area contributed by atoms with Crippen molar-refractivity contribution in [1.29, 1.82) is 0 Å². The van der Waals surface area contributed by atoms with Crippen LogP contribution in [0.15, 0.2) is 36.4 Å². The molecule has 0 bridgehead atoms. The Bertz CT molecular complexity index is 799. The molecular weight excluding hydrogens is 338 g/mol. The first-order valence-electron chi connectivity index (χ1n) is 8.51. The molecule has 0 saturated heterocycles. The molecule has 1 N–H and O–H groups in total. The Kier molecular flexibility index (Phi) is 6.44. The molecule has 0 unspecified atom stereocenters. The van der Waals surface area contributed by atoms with Gasteiger partial charge in [-0.2, -0.15) is 0 Å². The van der Waals surface area contributed by atoms with Crippen molar-refractivity contribution in [2.24, 2.45) is 0 Å². The molecule has 0 atom stereocenters. The number of nitrogens with zero attached hydrogens (tertiary/aromatic N) is 1. The number of aryl methyl sites for hydroxylation is 2. The lowest BCUT2D eigenvalue weighted by Crippen LogP contribution is -2.38. The third-order valence-corrected chi connectivity index (χ3v) is 4.12. The van der Waals surface area contributed by atoms with Crippen molar-refractivity contribution in [2.75, 3.05) is 16.8 Å². The van der Waals surface area contributed by atoms with Crippen LogP contribution in [-0.4, -0.2) is 18.4 Å². The number of halogens is 2. The fourth-order valence-corrected chi connectivity index (χ4v) is 2.83. The molecule has 2 aromatic rings. The van der Waals surface area contributed by atoms with Gasteiger partial charge in [-0.15, -0.1) is 0 Å². The highest BCUT2D eigenvalue weighted by molar-refractivity contribution is 6.02. The number of hydrogen-bond donors (Lipinski definition) is 1. The molecule has 0 fully saturated rings. The van der Waals surface area contributed by atoms with Crippen LogP contribution >= 0.6 is 0 Å². The number of hydrogen-bond acceptors (Lipinski definition) is 2. The summed E-state index contributed by atoms with van der Waals surface area (Å²) in [7, 11) is 0. The molecule has 0 heterocycles. The van der Waals surface area contributed by atoms with E-state index in [2.05, 4.69) is 5.32 Å². The van der Waals surface area contributed by atoms with Gasteiger partial charge in [0.25, 0.3) is 0 Å². The Morgan fingerprint density at radius 2 is 1.65 bits per heavy atom. The van der Waals surface area contributed by atoms with Gasteiger partial charge >= 0.3 is 0 Å². The molecule has 26 heavy (non-hydrogen) atoms. The number of anilines is 2. The summed E-state index contributed by atoms with van der Waals surface area (Å²) < 4.78 is 26.7. The number of rotatable bonds is 6. The number of benzene rings is 2. The third kappa shape index (κ3) is 4.45. The summed E-state index contributed by atoms with van der Waals surface area (Å²) in [5, 5.41) is 2.39. The van der Waals surface area contributed by atoms with Gasteiger partial charge in [0.2, 0.25) is 11.8 Å². The van der Waals surface area contributed by atoms with Gasteiger partial charge in [0.15, 0.2) is 0 Å². The minimum absolute atomic E-state index is 0.126. The summed E-state index contributed by atoms with van der Waals surface area (Å²) in [6, 6.07) is 8.67. The van der Waals surface area contributed by atoms with Crippen molar-refractivity contribution in [1.82, 2.24) is 0 Å². The standard InChI is InChI=1S/C20H22F2N2O2/c1-4-14-7-6-8-15(5-2)20(14)24(13(3)25)12-19(26)23-18-10-9-16(21)11-17(18)22/h6-11H,4-5,12H2,1-3H3,(H,23,26). The number of carbonyl (C=O) groups excluding carboxylic acids is 2. The first kappa shape index (κ1) is 19.6. The van der Waals surface area contributed by atoms with Crippen LogP contribution in [0.4, 0.5) is 20.2 Å². The zero-order chi connectivity index (χ0) is 19.3. The zero-order valence-electron chi connectivity index (χ0n) is 15.1. The van der Waals surface area contributed by atoms with E-state index >= 15 is 0 Å². The van der Waals surface area contributed by atoms with E-state index in [4.69, 9.17) is 0 Å². The van der Waals surface area contributed by atoms with Gasteiger partial charge in [-0.1, -0.05) is 32.0 Å². The number of nitrogens with one attached hydrogen (secondary N) is 1. The average Bonchev–Trinajstić information content (AvgIpc) is 2.61. The lowest BCUT2D eigenvalue weighted by atomic mass is 10.0. The van der Waals surface area contributed by atoms with Crippen molar-refractivity contribution in [3.8, 4) is 0 Å². The van der Waals surface area contributed by atoms with E-state index in [9.17, 15) is 18.4 Å². The normalized spacial score (nSPS) is 10.5. The minimum Gasteiger partial charge on any atom is -0.322 e. The van der Waals surface area contributed by atoms with Crippen molar-refractivity contribution >= 4 is 23.2 Å². The fraction of sp³-hybridized carbons (Fsp3) is 0.300. The Hall–Kier alpha value is -2.76. The smallest absolute Gasteiger partial charge is 0.244 e. The van der Waals surface area contributed by atoms with Crippen LogP contribution in [0.1, 0.15) is 31.9 Å². The molecule has 0 aliphatic heterocycles. The summed E-state index contributed by atoms with van der Waals surface area (Å²) in [5.41, 5.74) is 2.51. The summed E-state index contributed by atoms with van der Waals surface area (Å²) in [6.07, 6.45) is 1.42. The molecular formula is C20H22F2N2O2. The first-order chi connectivity index (χ1) is 12.4. The van der Waals surface area contributed by atoms with Crippen molar-refractivity contribution in [3.63, 3.8) is 0 Å². The van der Waals surface area contributed by atoms with Gasteiger partial charge in [-0.3, -0.25) is 9.59 Å². The van der Waals surface area contributed by atoms with Gasteiger partial charge in [0, 0.05) is 13.0 Å².